The van der Waals surface area contributed by atoms with Gasteiger partial charge in [0, 0.05) is 10.0 Å². The Balaban J connectivity index is 2.41. The molecule has 5 heteroatoms. The summed E-state index contributed by atoms with van der Waals surface area (Å²) in [5, 5.41) is 0. The van der Waals surface area contributed by atoms with E-state index < -0.39 is 5.54 Å². The van der Waals surface area contributed by atoms with Gasteiger partial charge in [0.2, 0.25) is 0 Å². The first-order valence-electron chi connectivity index (χ1n) is 6.30. The first-order chi connectivity index (χ1) is 9.00. The average molecular weight is 326 g/mol. The summed E-state index contributed by atoms with van der Waals surface area (Å²) >= 11 is 3.24. The molecule has 2 rings (SSSR count). The smallest absolute Gasteiger partial charge is 0.133 e. The second kappa shape index (κ2) is 5.43. The minimum Gasteiger partial charge on any atom is -0.340 e. The number of aromatic amines is 1. The van der Waals surface area contributed by atoms with E-state index in [9.17, 15) is 4.39 Å². The summed E-state index contributed by atoms with van der Waals surface area (Å²) < 4.78 is 14.6. The van der Waals surface area contributed by atoms with Crippen molar-refractivity contribution in [2.75, 3.05) is 0 Å². The standard InChI is InChI=1S/C14H17BrFN3/c1-3-14(17,4-2)13-18-8-12(19-13)10-6-5-9(15)7-11(10)16/h5-8H,3-4,17H2,1-2H3,(H,18,19). The lowest BCUT2D eigenvalue weighted by Crippen LogP contribution is -2.36. The Morgan fingerprint density at radius 2 is 2.05 bits per heavy atom. The predicted octanol–water partition coefficient (Wildman–Crippen LogP) is 3.95. The molecule has 102 valence electrons. The lowest BCUT2D eigenvalue weighted by atomic mass is 9.93. The molecule has 2 aromatic rings. The lowest BCUT2D eigenvalue weighted by Gasteiger charge is -2.23. The van der Waals surface area contributed by atoms with Gasteiger partial charge in [-0.05, 0) is 31.0 Å². The van der Waals surface area contributed by atoms with Crippen molar-refractivity contribution in [3.8, 4) is 11.3 Å². The number of H-pyrrole nitrogens is 1. The van der Waals surface area contributed by atoms with E-state index in [0.29, 0.717) is 21.6 Å². The molecule has 0 aliphatic heterocycles. The number of nitrogens with two attached hydrogens (primary N) is 1. The van der Waals surface area contributed by atoms with Crippen LogP contribution in [0.2, 0.25) is 0 Å². The van der Waals surface area contributed by atoms with Crippen molar-refractivity contribution in [1.29, 1.82) is 0 Å². The maximum absolute atomic E-state index is 13.9. The molecule has 0 unspecified atom stereocenters. The van der Waals surface area contributed by atoms with Crippen LogP contribution in [0.1, 0.15) is 32.5 Å². The number of benzene rings is 1. The number of rotatable bonds is 4. The quantitative estimate of drug-likeness (QED) is 0.894. The van der Waals surface area contributed by atoms with Crippen LogP contribution in [0, 0.1) is 5.82 Å². The van der Waals surface area contributed by atoms with E-state index in [1.54, 1.807) is 18.3 Å². The SMILES string of the molecule is CCC(N)(CC)c1ncc(-c2ccc(Br)cc2F)[nH]1. The van der Waals surface area contributed by atoms with Gasteiger partial charge in [0.05, 0.1) is 17.4 Å². The molecule has 19 heavy (non-hydrogen) atoms. The highest BCUT2D eigenvalue weighted by molar-refractivity contribution is 9.10. The Bertz CT molecular complexity index is 576. The molecule has 1 aromatic heterocycles. The fraction of sp³-hybridized carbons (Fsp3) is 0.357. The number of nitrogens with one attached hydrogen (secondary N) is 1. The van der Waals surface area contributed by atoms with E-state index in [2.05, 4.69) is 25.9 Å². The highest BCUT2D eigenvalue weighted by atomic mass is 79.9. The number of nitrogens with zero attached hydrogens (tertiary/aromatic N) is 1. The van der Waals surface area contributed by atoms with Crippen LogP contribution in [0.5, 0.6) is 0 Å². The third-order valence-corrected chi connectivity index (χ3v) is 4.02. The third-order valence-electron chi connectivity index (χ3n) is 3.53. The van der Waals surface area contributed by atoms with Gasteiger partial charge in [-0.25, -0.2) is 9.37 Å². The van der Waals surface area contributed by atoms with Crippen molar-refractivity contribution in [3.63, 3.8) is 0 Å². The summed E-state index contributed by atoms with van der Waals surface area (Å²) in [6, 6.07) is 4.95. The maximum atomic E-state index is 13.9. The summed E-state index contributed by atoms with van der Waals surface area (Å²) in [7, 11) is 0. The highest BCUT2D eigenvalue weighted by Gasteiger charge is 2.26. The molecule has 0 atom stereocenters. The van der Waals surface area contributed by atoms with Crippen molar-refractivity contribution in [1.82, 2.24) is 9.97 Å². The van der Waals surface area contributed by atoms with E-state index in [1.807, 2.05) is 13.8 Å². The summed E-state index contributed by atoms with van der Waals surface area (Å²) in [5.74, 6) is 0.412. The van der Waals surface area contributed by atoms with Crippen molar-refractivity contribution >= 4 is 15.9 Å². The van der Waals surface area contributed by atoms with E-state index in [0.717, 1.165) is 12.8 Å². The van der Waals surface area contributed by atoms with Crippen molar-refractivity contribution in [3.05, 3.63) is 40.5 Å². The predicted molar refractivity (Wildman–Crippen MR) is 78.1 cm³/mol. The third kappa shape index (κ3) is 2.72. The fourth-order valence-electron chi connectivity index (χ4n) is 2.00. The molecule has 0 saturated carbocycles. The molecule has 0 saturated heterocycles. The zero-order valence-corrected chi connectivity index (χ0v) is 12.6. The first kappa shape index (κ1) is 14.2. The molecule has 0 aliphatic rings. The maximum Gasteiger partial charge on any atom is 0.133 e. The topological polar surface area (TPSA) is 54.7 Å². The Hall–Kier alpha value is -1.20. The second-order valence-electron chi connectivity index (χ2n) is 4.63. The van der Waals surface area contributed by atoms with E-state index in [1.165, 1.54) is 6.07 Å². The normalized spacial score (nSPS) is 11.8. The van der Waals surface area contributed by atoms with Crippen molar-refractivity contribution in [2.24, 2.45) is 5.73 Å². The molecular weight excluding hydrogens is 309 g/mol. The van der Waals surface area contributed by atoms with E-state index in [4.69, 9.17) is 5.73 Å². The van der Waals surface area contributed by atoms with Crippen LogP contribution in [0.4, 0.5) is 4.39 Å². The summed E-state index contributed by atoms with van der Waals surface area (Å²) in [6.07, 6.45) is 3.19. The van der Waals surface area contributed by atoms with Gasteiger partial charge in [-0.2, -0.15) is 0 Å². The van der Waals surface area contributed by atoms with Crippen LogP contribution in [-0.2, 0) is 5.54 Å². The first-order valence-corrected chi connectivity index (χ1v) is 7.09. The summed E-state index contributed by atoms with van der Waals surface area (Å²) in [4.78, 5) is 7.45. The van der Waals surface area contributed by atoms with Gasteiger partial charge in [0.25, 0.3) is 0 Å². The number of halogens is 2. The van der Waals surface area contributed by atoms with Gasteiger partial charge in [-0.3, -0.25) is 0 Å². The van der Waals surface area contributed by atoms with Gasteiger partial charge in [0.1, 0.15) is 11.6 Å². The Kier molecular flexibility index (Phi) is 4.06. The Morgan fingerprint density at radius 1 is 1.37 bits per heavy atom. The van der Waals surface area contributed by atoms with Gasteiger partial charge in [-0.1, -0.05) is 29.8 Å². The Morgan fingerprint density at radius 3 is 2.63 bits per heavy atom. The molecule has 0 spiro atoms. The van der Waals surface area contributed by atoms with Gasteiger partial charge in [-0.15, -0.1) is 0 Å². The molecule has 0 radical (unpaired) electrons. The summed E-state index contributed by atoms with van der Waals surface area (Å²) in [6.45, 7) is 4.04. The molecule has 0 fully saturated rings. The van der Waals surface area contributed by atoms with Crippen LogP contribution >= 0.6 is 15.9 Å². The van der Waals surface area contributed by atoms with Gasteiger partial charge in [0.15, 0.2) is 0 Å². The second-order valence-corrected chi connectivity index (χ2v) is 5.55. The van der Waals surface area contributed by atoms with Gasteiger partial charge >= 0.3 is 0 Å². The monoisotopic (exact) mass is 325 g/mol. The Labute approximate surface area is 120 Å². The number of imidazole rings is 1. The zero-order chi connectivity index (χ0) is 14.0. The van der Waals surface area contributed by atoms with E-state index >= 15 is 0 Å². The lowest BCUT2D eigenvalue weighted by molar-refractivity contribution is 0.391. The molecule has 0 bridgehead atoms. The molecular formula is C14H17BrFN3. The molecule has 3 N–H and O–H groups in total. The van der Waals surface area contributed by atoms with Gasteiger partial charge < -0.3 is 10.7 Å². The number of hydrogen-bond donors (Lipinski definition) is 2. The zero-order valence-electron chi connectivity index (χ0n) is 11.0. The number of hydrogen-bond acceptors (Lipinski definition) is 2. The van der Waals surface area contributed by atoms with Crippen molar-refractivity contribution in [2.45, 2.75) is 32.2 Å². The molecule has 0 aliphatic carbocycles. The minimum atomic E-state index is -0.482. The number of aromatic nitrogens is 2. The molecule has 1 heterocycles. The fourth-order valence-corrected chi connectivity index (χ4v) is 2.34. The van der Waals surface area contributed by atoms with E-state index in [-0.39, 0.29) is 5.82 Å². The van der Waals surface area contributed by atoms with Crippen molar-refractivity contribution < 1.29 is 4.39 Å². The molecule has 3 nitrogen and oxygen atoms in total. The highest BCUT2D eigenvalue weighted by Crippen LogP contribution is 2.28. The van der Waals surface area contributed by atoms with Crippen LogP contribution < -0.4 is 5.73 Å². The molecule has 0 amide bonds. The van der Waals surface area contributed by atoms with Crippen LogP contribution in [-0.4, -0.2) is 9.97 Å². The van der Waals surface area contributed by atoms with Crippen LogP contribution in [0.15, 0.2) is 28.9 Å². The minimum absolute atomic E-state index is 0.291. The van der Waals surface area contributed by atoms with Crippen LogP contribution in [0.25, 0.3) is 11.3 Å². The average Bonchev–Trinajstić information content (AvgIpc) is 2.88. The van der Waals surface area contributed by atoms with Crippen LogP contribution in [0.3, 0.4) is 0 Å². The summed E-state index contributed by atoms with van der Waals surface area (Å²) in [5.41, 5.74) is 6.94. The largest absolute Gasteiger partial charge is 0.340 e. The molecule has 1 aromatic carbocycles.